The van der Waals surface area contributed by atoms with Crippen LogP contribution in [-0.2, 0) is 6.54 Å². The molecule has 0 spiro atoms. The van der Waals surface area contributed by atoms with Crippen LogP contribution in [-0.4, -0.2) is 37.4 Å². The molecule has 0 fully saturated rings. The number of rotatable bonds is 5. The van der Waals surface area contributed by atoms with Gasteiger partial charge in [0.05, 0.1) is 23.3 Å². The summed E-state index contributed by atoms with van der Waals surface area (Å²) in [5.74, 6) is -0.195. The molecule has 0 atom stereocenters. The van der Waals surface area contributed by atoms with E-state index in [1.165, 1.54) is 17.3 Å². The lowest BCUT2D eigenvalue weighted by Gasteiger charge is -2.19. The van der Waals surface area contributed by atoms with E-state index in [4.69, 9.17) is 0 Å². The maximum atomic E-state index is 13.2. The summed E-state index contributed by atoms with van der Waals surface area (Å²) in [4.78, 5) is 27.3. The highest BCUT2D eigenvalue weighted by atomic mass is 19.3. The van der Waals surface area contributed by atoms with Crippen LogP contribution in [0.3, 0.4) is 0 Å². The van der Waals surface area contributed by atoms with E-state index in [0.717, 1.165) is 10.1 Å². The van der Waals surface area contributed by atoms with Crippen molar-refractivity contribution in [3.8, 4) is 11.3 Å². The van der Waals surface area contributed by atoms with Crippen LogP contribution in [0.25, 0.3) is 22.2 Å². The molecular weight excluding hydrogens is 376 g/mol. The second-order valence-electron chi connectivity index (χ2n) is 6.50. The molecule has 0 bridgehead atoms. The van der Waals surface area contributed by atoms with Crippen molar-refractivity contribution in [2.75, 3.05) is 7.05 Å². The molecule has 0 aliphatic heterocycles. The molecule has 8 heteroatoms. The maximum absolute atomic E-state index is 13.2. The number of alkyl halides is 2. The third-order valence-electron chi connectivity index (χ3n) is 4.59. The van der Waals surface area contributed by atoms with Gasteiger partial charge in [0.15, 0.2) is 0 Å². The van der Waals surface area contributed by atoms with Gasteiger partial charge in [-0.3, -0.25) is 14.3 Å². The fraction of sp³-hybridized carbons (Fsp3) is 0.143. The molecule has 29 heavy (non-hydrogen) atoms. The Balaban J connectivity index is 1.74. The molecule has 3 heterocycles. The number of benzene rings is 1. The Kier molecular flexibility index (Phi) is 4.99. The van der Waals surface area contributed by atoms with Crippen LogP contribution in [0, 0.1) is 0 Å². The Hall–Kier alpha value is -3.68. The van der Waals surface area contributed by atoms with Crippen LogP contribution in [0.2, 0.25) is 0 Å². The van der Waals surface area contributed by atoms with Crippen molar-refractivity contribution < 1.29 is 13.6 Å². The Morgan fingerprint density at radius 3 is 2.76 bits per heavy atom. The highest BCUT2D eigenvalue weighted by molar-refractivity contribution is 6.07. The maximum Gasteiger partial charge on any atom is 0.319 e. The molecule has 4 aromatic rings. The summed E-state index contributed by atoms with van der Waals surface area (Å²) < 4.78 is 26.9. The van der Waals surface area contributed by atoms with Crippen LogP contribution in [0.15, 0.2) is 67.3 Å². The van der Waals surface area contributed by atoms with Crippen molar-refractivity contribution in [1.82, 2.24) is 24.4 Å². The molecule has 1 amide bonds. The number of nitrogens with zero attached hydrogens (tertiary/aromatic N) is 5. The quantitative estimate of drug-likeness (QED) is 0.511. The average Bonchev–Trinajstić information content (AvgIpc) is 3.21. The van der Waals surface area contributed by atoms with Crippen molar-refractivity contribution in [3.05, 3.63) is 78.6 Å². The number of amides is 1. The monoisotopic (exact) mass is 393 g/mol. The first kappa shape index (κ1) is 18.7. The molecule has 146 valence electrons. The molecule has 4 rings (SSSR count). The van der Waals surface area contributed by atoms with Gasteiger partial charge < -0.3 is 4.90 Å². The minimum absolute atomic E-state index is 0.0466. The molecule has 0 aliphatic carbocycles. The van der Waals surface area contributed by atoms with Gasteiger partial charge in [0, 0.05) is 42.8 Å². The number of hydrogen-bond acceptors (Lipinski definition) is 4. The van der Waals surface area contributed by atoms with Crippen molar-refractivity contribution >= 4 is 16.8 Å². The molecule has 6 nitrogen and oxygen atoms in total. The van der Waals surface area contributed by atoms with Gasteiger partial charge in [-0.15, -0.1) is 0 Å². The van der Waals surface area contributed by atoms with E-state index in [-0.39, 0.29) is 18.3 Å². The summed E-state index contributed by atoms with van der Waals surface area (Å²) in [6.45, 7) is -2.76. The predicted octanol–water partition coefficient (Wildman–Crippen LogP) is 4.16. The summed E-state index contributed by atoms with van der Waals surface area (Å²) in [5, 5.41) is 0.689. The minimum Gasteiger partial charge on any atom is -0.334 e. The van der Waals surface area contributed by atoms with E-state index in [1.54, 1.807) is 31.6 Å². The Morgan fingerprint density at radius 1 is 1.17 bits per heavy atom. The zero-order valence-electron chi connectivity index (χ0n) is 15.5. The number of hydrogen-bond donors (Lipinski definition) is 0. The highest BCUT2D eigenvalue weighted by Crippen LogP contribution is 2.25. The standard InChI is InChI=1S/C21H17F2N5O/c1-27(13-19-25-9-10-28(19)21(22)23)20(29)16-11-18(14-5-4-8-24-12-14)26-17-7-3-2-6-15(16)17/h2-12,21H,13H2,1H3. The zero-order chi connectivity index (χ0) is 20.4. The summed E-state index contributed by atoms with van der Waals surface area (Å²) >= 11 is 0. The minimum atomic E-state index is -2.71. The second-order valence-corrected chi connectivity index (χ2v) is 6.50. The van der Waals surface area contributed by atoms with Gasteiger partial charge in [-0.05, 0) is 24.3 Å². The predicted molar refractivity (Wildman–Crippen MR) is 104 cm³/mol. The first-order chi connectivity index (χ1) is 14.0. The molecule has 0 radical (unpaired) electrons. The number of fused-ring (bicyclic) bond motifs is 1. The Morgan fingerprint density at radius 2 is 2.00 bits per heavy atom. The average molecular weight is 393 g/mol. The van der Waals surface area contributed by atoms with Gasteiger partial charge in [-0.25, -0.2) is 9.97 Å². The summed E-state index contributed by atoms with van der Waals surface area (Å²) in [6, 6.07) is 12.7. The Bertz CT molecular complexity index is 1160. The fourth-order valence-corrected chi connectivity index (χ4v) is 3.15. The summed E-state index contributed by atoms with van der Waals surface area (Å²) in [6.07, 6.45) is 5.83. The van der Waals surface area contributed by atoms with E-state index in [9.17, 15) is 13.6 Å². The summed E-state index contributed by atoms with van der Waals surface area (Å²) in [7, 11) is 1.56. The number of halogens is 2. The van der Waals surface area contributed by atoms with E-state index in [1.807, 2.05) is 30.3 Å². The van der Waals surface area contributed by atoms with Crippen LogP contribution >= 0.6 is 0 Å². The zero-order valence-corrected chi connectivity index (χ0v) is 15.5. The van der Waals surface area contributed by atoms with Gasteiger partial charge >= 0.3 is 6.55 Å². The molecule has 0 unspecified atom stereocenters. The number of pyridine rings is 2. The van der Waals surface area contributed by atoms with Gasteiger partial charge in [-0.2, -0.15) is 8.78 Å². The molecule has 3 aromatic heterocycles. The number of imidazole rings is 1. The van der Waals surface area contributed by atoms with Crippen LogP contribution in [0.4, 0.5) is 8.78 Å². The Labute approximate surface area is 165 Å². The van der Waals surface area contributed by atoms with Crippen molar-refractivity contribution in [2.24, 2.45) is 0 Å². The van der Waals surface area contributed by atoms with Crippen molar-refractivity contribution in [3.63, 3.8) is 0 Å². The van der Waals surface area contributed by atoms with E-state index in [0.29, 0.717) is 22.2 Å². The van der Waals surface area contributed by atoms with E-state index < -0.39 is 6.55 Å². The van der Waals surface area contributed by atoms with Gasteiger partial charge in [-0.1, -0.05) is 18.2 Å². The van der Waals surface area contributed by atoms with E-state index >= 15 is 0 Å². The van der Waals surface area contributed by atoms with Crippen LogP contribution in [0.1, 0.15) is 22.7 Å². The number of carbonyl (C=O) groups excluding carboxylic acids is 1. The largest absolute Gasteiger partial charge is 0.334 e. The first-order valence-electron chi connectivity index (χ1n) is 8.90. The highest BCUT2D eigenvalue weighted by Gasteiger charge is 2.20. The van der Waals surface area contributed by atoms with E-state index in [2.05, 4.69) is 15.0 Å². The number of carbonyl (C=O) groups is 1. The third kappa shape index (κ3) is 3.69. The van der Waals surface area contributed by atoms with Gasteiger partial charge in [0.1, 0.15) is 5.82 Å². The number of aromatic nitrogens is 4. The fourth-order valence-electron chi connectivity index (χ4n) is 3.15. The molecule has 0 saturated carbocycles. The van der Waals surface area contributed by atoms with Gasteiger partial charge in [0.25, 0.3) is 5.91 Å². The molecule has 0 aliphatic rings. The van der Waals surface area contributed by atoms with Crippen LogP contribution in [0.5, 0.6) is 0 Å². The number of para-hydroxylation sites is 1. The first-order valence-corrected chi connectivity index (χ1v) is 8.90. The SMILES string of the molecule is CN(Cc1nccn1C(F)F)C(=O)c1cc(-c2cccnc2)nc2ccccc12. The molecule has 0 saturated heterocycles. The lowest BCUT2D eigenvalue weighted by Crippen LogP contribution is -2.28. The molecule has 1 aromatic carbocycles. The summed E-state index contributed by atoms with van der Waals surface area (Å²) in [5.41, 5.74) is 2.50. The second kappa shape index (κ2) is 7.75. The topological polar surface area (TPSA) is 63.9 Å². The normalized spacial score (nSPS) is 11.2. The molecular formula is C21H17F2N5O. The lowest BCUT2D eigenvalue weighted by molar-refractivity contribution is 0.0613. The lowest BCUT2D eigenvalue weighted by atomic mass is 10.0. The van der Waals surface area contributed by atoms with Crippen molar-refractivity contribution in [2.45, 2.75) is 13.1 Å². The smallest absolute Gasteiger partial charge is 0.319 e. The third-order valence-corrected chi connectivity index (χ3v) is 4.59. The van der Waals surface area contributed by atoms with Crippen molar-refractivity contribution in [1.29, 1.82) is 0 Å². The van der Waals surface area contributed by atoms with Gasteiger partial charge in [0.2, 0.25) is 0 Å². The molecule has 0 N–H and O–H groups in total. The van der Waals surface area contributed by atoms with Crippen LogP contribution < -0.4 is 0 Å².